The average Bonchev–Trinajstić information content (AvgIpc) is 2.40. The second-order valence-electron chi connectivity index (χ2n) is 4.95. The molecule has 1 aromatic rings. The summed E-state index contributed by atoms with van der Waals surface area (Å²) in [5.41, 5.74) is 1.03. The van der Waals surface area contributed by atoms with E-state index in [4.69, 9.17) is 27.9 Å². The van der Waals surface area contributed by atoms with Crippen molar-refractivity contribution in [1.29, 1.82) is 0 Å². The molecule has 5 heteroatoms. The van der Waals surface area contributed by atoms with Gasteiger partial charge in [-0.15, -0.1) is 0 Å². The van der Waals surface area contributed by atoms with Crippen molar-refractivity contribution >= 4 is 23.2 Å². The van der Waals surface area contributed by atoms with Crippen LogP contribution in [0.2, 0.25) is 10.3 Å². The van der Waals surface area contributed by atoms with E-state index in [1.54, 1.807) is 6.07 Å². The molecule has 1 atom stereocenters. The van der Waals surface area contributed by atoms with Gasteiger partial charge < -0.3 is 4.74 Å². The predicted octanol–water partition coefficient (Wildman–Crippen LogP) is 3.78. The van der Waals surface area contributed by atoms with E-state index in [-0.39, 0.29) is 0 Å². The van der Waals surface area contributed by atoms with Gasteiger partial charge in [-0.1, -0.05) is 36.2 Å². The van der Waals surface area contributed by atoms with Crippen LogP contribution in [0.5, 0.6) is 0 Å². The summed E-state index contributed by atoms with van der Waals surface area (Å²) in [5.74, 6) is 0. The van der Waals surface area contributed by atoms with Crippen molar-refractivity contribution < 1.29 is 4.74 Å². The second kappa shape index (κ2) is 7.44. The first-order chi connectivity index (χ1) is 9.19. The molecule has 0 radical (unpaired) electrons. The molecule has 1 aliphatic rings. The fourth-order valence-electron chi connectivity index (χ4n) is 2.38. The number of aromatic nitrogens is 1. The standard InChI is InChI=1S/C14H20Cl2N2O/c1-2-8-19-12-4-3-7-18(10-12)9-11-5-6-13(15)17-14(11)16/h5-6,12H,2-4,7-10H2,1H3. The van der Waals surface area contributed by atoms with Crippen LogP contribution in [0.25, 0.3) is 0 Å². The monoisotopic (exact) mass is 302 g/mol. The summed E-state index contributed by atoms with van der Waals surface area (Å²) in [4.78, 5) is 6.46. The number of nitrogens with zero attached hydrogens (tertiary/aromatic N) is 2. The molecular weight excluding hydrogens is 283 g/mol. The molecule has 0 aromatic carbocycles. The zero-order chi connectivity index (χ0) is 13.7. The van der Waals surface area contributed by atoms with Gasteiger partial charge in [0.05, 0.1) is 6.10 Å². The Hall–Kier alpha value is -0.350. The van der Waals surface area contributed by atoms with Gasteiger partial charge in [-0.2, -0.15) is 0 Å². The van der Waals surface area contributed by atoms with Crippen LogP contribution >= 0.6 is 23.2 Å². The number of likely N-dealkylation sites (tertiary alicyclic amines) is 1. The van der Waals surface area contributed by atoms with Crippen LogP contribution in [0, 0.1) is 0 Å². The fourth-order valence-corrected chi connectivity index (χ4v) is 2.78. The van der Waals surface area contributed by atoms with Crippen LogP contribution in [0.3, 0.4) is 0 Å². The molecule has 0 spiro atoms. The van der Waals surface area contributed by atoms with E-state index in [9.17, 15) is 0 Å². The van der Waals surface area contributed by atoms with E-state index >= 15 is 0 Å². The number of rotatable bonds is 5. The summed E-state index contributed by atoms with van der Waals surface area (Å²) in [6.45, 7) is 5.86. The van der Waals surface area contributed by atoms with E-state index in [2.05, 4.69) is 16.8 Å². The van der Waals surface area contributed by atoms with Gasteiger partial charge in [0, 0.05) is 25.3 Å². The van der Waals surface area contributed by atoms with E-state index in [0.717, 1.165) is 44.6 Å². The highest BCUT2D eigenvalue weighted by atomic mass is 35.5. The van der Waals surface area contributed by atoms with Crippen molar-refractivity contribution in [2.75, 3.05) is 19.7 Å². The number of ether oxygens (including phenoxy) is 1. The Kier molecular flexibility index (Phi) is 5.89. The number of hydrogen-bond donors (Lipinski definition) is 0. The summed E-state index contributed by atoms with van der Waals surface area (Å²) in [5, 5.41) is 0.945. The average molecular weight is 303 g/mol. The first-order valence-corrected chi connectivity index (χ1v) is 7.59. The molecule has 0 N–H and O–H groups in total. The normalized spacial score (nSPS) is 20.7. The largest absolute Gasteiger partial charge is 0.377 e. The first-order valence-electron chi connectivity index (χ1n) is 6.84. The fraction of sp³-hybridized carbons (Fsp3) is 0.643. The second-order valence-corrected chi connectivity index (χ2v) is 5.70. The number of pyridine rings is 1. The molecule has 19 heavy (non-hydrogen) atoms. The molecule has 1 unspecified atom stereocenters. The number of piperidine rings is 1. The third kappa shape index (κ3) is 4.60. The summed E-state index contributed by atoms with van der Waals surface area (Å²) in [6, 6.07) is 3.74. The molecule has 0 saturated carbocycles. The lowest BCUT2D eigenvalue weighted by molar-refractivity contribution is -0.00224. The molecule has 106 valence electrons. The van der Waals surface area contributed by atoms with Gasteiger partial charge in [0.2, 0.25) is 0 Å². The molecular formula is C14H20Cl2N2O. The smallest absolute Gasteiger partial charge is 0.135 e. The van der Waals surface area contributed by atoms with Crippen LogP contribution in [0.15, 0.2) is 12.1 Å². The molecule has 1 saturated heterocycles. The zero-order valence-corrected chi connectivity index (χ0v) is 12.8. The van der Waals surface area contributed by atoms with Crippen molar-refractivity contribution in [2.24, 2.45) is 0 Å². The summed E-state index contributed by atoms with van der Waals surface area (Å²) >= 11 is 11.9. The Morgan fingerprint density at radius 3 is 3.00 bits per heavy atom. The van der Waals surface area contributed by atoms with E-state index < -0.39 is 0 Å². The Bertz CT molecular complexity index is 414. The summed E-state index contributed by atoms with van der Waals surface area (Å²) in [6.07, 6.45) is 3.76. The number of hydrogen-bond acceptors (Lipinski definition) is 3. The van der Waals surface area contributed by atoms with Crippen molar-refractivity contribution in [3.63, 3.8) is 0 Å². The van der Waals surface area contributed by atoms with E-state index in [1.165, 1.54) is 6.42 Å². The van der Waals surface area contributed by atoms with Gasteiger partial charge in [0.25, 0.3) is 0 Å². The van der Waals surface area contributed by atoms with Gasteiger partial charge in [-0.3, -0.25) is 4.90 Å². The highest BCUT2D eigenvalue weighted by Gasteiger charge is 2.21. The molecule has 1 fully saturated rings. The molecule has 0 bridgehead atoms. The summed E-state index contributed by atoms with van der Waals surface area (Å²) < 4.78 is 5.84. The maximum Gasteiger partial charge on any atom is 0.135 e. The molecule has 3 nitrogen and oxygen atoms in total. The third-order valence-corrected chi connectivity index (χ3v) is 3.84. The lowest BCUT2D eigenvalue weighted by Crippen LogP contribution is -2.39. The van der Waals surface area contributed by atoms with Crippen LogP contribution in [-0.4, -0.2) is 35.7 Å². The van der Waals surface area contributed by atoms with Crippen molar-refractivity contribution in [2.45, 2.75) is 38.8 Å². The molecule has 0 amide bonds. The topological polar surface area (TPSA) is 25.4 Å². The quantitative estimate of drug-likeness (QED) is 0.774. The number of halogens is 2. The molecule has 2 rings (SSSR count). The van der Waals surface area contributed by atoms with Crippen LogP contribution < -0.4 is 0 Å². The lowest BCUT2D eigenvalue weighted by Gasteiger charge is -2.32. The van der Waals surface area contributed by atoms with Crippen LogP contribution in [0.4, 0.5) is 0 Å². The molecule has 1 aliphatic heterocycles. The molecule has 1 aromatic heterocycles. The first kappa shape index (κ1) is 15.0. The van der Waals surface area contributed by atoms with Gasteiger partial charge >= 0.3 is 0 Å². The highest BCUT2D eigenvalue weighted by Crippen LogP contribution is 2.21. The minimum absolute atomic E-state index is 0.354. The molecule has 0 aliphatic carbocycles. The maximum atomic E-state index is 6.12. The van der Waals surface area contributed by atoms with Gasteiger partial charge in [0.1, 0.15) is 10.3 Å². The predicted molar refractivity (Wildman–Crippen MR) is 78.8 cm³/mol. The van der Waals surface area contributed by atoms with Gasteiger partial charge in [-0.05, 0) is 31.9 Å². The lowest BCUT2D eigenvalue weighted by atomic mass is 10.1. The Labute approximate surface area is 124 Å². The van der Waals surface area contributed by atoms with Gasteiger partial charge in [-0.25, -0.2) is 4.98 Å². The van der Waals surface area contributed by atoms with Crippen molar-refractivity contribution in [3.05, 3.63) is 28.0 Å². The van der Waals surface area contributed by atoms with Crippen LogP contribution in [0.1, 0.15) is 31.7 Å². The summed E-state index contributed by atoms with van der Waals surface area (Å²) in [7, 11) is 0. The zero-order valence-electron chi connectivity index (χ0n) is 11.2. The van der Waals surface area contributed by atoms with Crippen molar-refractivity contribution in [1.82, 2.24) is 9.88 Å². The highest BCUT2D eigenvalue weighted by molar-refractivity contribution is 6.32. The SMILES string of the molecule is CCCOC1CCCN(Cc2ccc(Cl)nc2Cl)C1. The van der Waals surface area contributed by atoms with Gasteiger partial charge in [0.15, 0.2) is 0 Å². The third-order valence-electron chi connectivity index (χ3n) is 3.31. The Morgan fingerprint density at radius 2 is 2.26 bits per heavy atom. The maximum absolute atomic E-state index is 6.12. The van der Waals surface area contributed by atoms with Crippen LogP contribution in [-0.2, 0) is 11.3 Å². The Morgan fingerprint density at radius 1 is 1.42 bits per heavy atom. The minimum atomic E-state index is 0.354. The minimum Gasteiger partial charge on any atom is -0.377 e. The van der Waals surface area contributed by atoms with E-state index in [0.29, 0.717) is 16.4 Å². The molecule has 2 heterocycles. The van der Waals surface area contributed by atoms with E-state index in [1.807, 2.05) is 6.07 Å². The Balaban J connectivity index is 1.91. The van der Waals surface area contributed by atoms with Crippen molar-refractivity contribution in [3.8, 4) is 0 Å².